The van der Waals surface area contributed by atoms with Crippen molar-refractivity contribution in [3.63, 3.8) is 0 Å². The molecular formula is C14H19N3O. The van der Waals surface area contributed by atoms with E-state index in [9.17, 15) is 0 Å². The molecule has 0 aliphatic heterocycles. The molecule has 3 rings (SSSR count). The van der Waals surface area contributed by atoms with E-state index in [0.717, 1.165) is 22.9 Å². The summed E-state index contributed by atoms with van der Waals surface area (Å²) in [7, 11) is 1.67. The Hall–Kier alpha value is -1.71. The van der Waals surface area contributed by atoms with Crippen LogP contribution in [0.4, 0.5) is 5.82 Å². The Morgan fingerprint density at radius 1 is 1.33 bits per heavy atom. The number of anilines is 1. The Labute approximate surface area is 107 Å². The molecule has 0 saturated heterocycles. The molecule has 1 fully saturated rings. The van der Waals surface area contributed by atoms with Gasteiger partial charge >= 0.3 is 0 Å². The van der Waals surface area contributed by atoms with Crippen molar-refractivity contribution in [2.24, 2.45) is 0 Å². The molecule has 1 aliphatic carbocycles. The summed E-state index contributed by atoms with van der Waals surface area (Å²) in [5.74, 6) is 2.07. The fourth-order valence-corrected chi connectivity index (χ4v) is 2.91. The van der Waals surface area contributed by atoms with E-state index in [1.807, 2.05) is 22.7 Å². The monoisotopic (exact) mass is 245 g/mol. The first-order valence-electron chi connectivity index (χ1n) is 6.61. The van der Waals surface area contributed by atoms with E-state index in [1.54, 1.807) is 7.11 Å². The molecule has 2 aromatic rings. The number of fused-ring (bicyclic) bond motifs is 1. The minimum Gasteiger partial charge on any atom is -0.493 e. The molecule has 4 nitrogen and oxygen atoms in total. The van der Waals surface area contributed by atoms with Crippen LogP contribution in [0.25, 0.3) is 5.65 Å². The van der Waals surface area contributed by atoms with Gasteiger partial charge in [0, 0.05) is 12.1 Å². The molecule has 0 radical (unpaired) electrons. The van der Waals surface area contributed by atoms with Crippen molar-refractivity contribution in [2.45, 2.75) is 38.0 Å². The number of pyridine rings is 1. The van der Waals surface area contributed by atoms with Gasteiger partial charge in [-0.1, -0.05) is 19.3 Å². The molecule has 0 aromatic carbocycles. The maximum atomic E-state index is 6.24. The van der Waals surface area contributed by atoms with Crippen LogP contribution in [-0.4, -0.2) is 16.5 Å². The molecule has 1 aliphatic rings. The minimum absolute atomic E-state index is 0.517. The first kappa shape index (κ1) is 11.4. The third-order valence-corrected chi connectivity index (χ3v) is 3.89. The summed E-state index contributed by atoms with van der Waals surface area (Å²) in [5, 5.41) is 0. The molecule has 0 amide bonds. The van der Waals surface area contributed by atoms with Crippen LogP contribution in [0.1, 0.15) is 43.7 Å². The number of methoxy groups -OCH3 is 1. The summed E-state index contributed by atoms with van der Waals surface area (Å²) in [6.45, 7) is 0. The van der Waals surface area contributed by atoms with Crippen molar-refractivity contribution < 1.29 is 4.74 Å². The molecule has 2 heterocycles. The molecule has 0 atom stereocenters. The van der Waals surface area contributed by atoms with E-state index in [2.05, 4.69) is 0 Å². The molecule has 18 heavy (non-hydrogen) atoms. The summed E-state index contributed by atoms with van der Waals surface area (Å²) in [4.78, 5) is 4.72. The van der Waals surface area contributed by atoms with E-state index in [-0.39, 0.29) is 0 Å². The normalized spacial score (nSPS) is 17.2. The highest BCUT2D eigenvalue weighted by Gasteiger charge is 2.22. The first-order chi connectivity index (χ1) is 8.81. The van der Waals surface area contributed by atoms with Crippen LogP contribution in [0, 0.1) is 0 Å². The summed E-state index contributed by atoms with van der Waals surface area (Å²) in [6, 6.07) is 3.86. The Kier molecular flexibility index (Phi) is 2.86. The lowest BCUT2D eigenvalue weighted by atomic mass is 9.87. The van der Waals surface area contributed by atoms with Crippen LogP contribution >= 0.6 is 0 Å². The van der Waals surface area contributed by atoms with Gasteiger partial charge in [-0.05, 0) is 25.0 Å². The van der Waals surface area contributed by atoms with Gasteiger partial charge in [0.1, 0.15) is 5.82 Å². The van der Waals surface area contributed by atoms with Crippen molar-refractivity contribution in [1.29, 1.82) is 0 Å². The Bertz CT molecular complexity index is 555. The quantitative estimate of drug-likeness (QED) is 0.885. The SMILES string of the molecule is COc1cccn2c(N)c(C3CCCCC3)nc12. The van der Waals surface area contributed by atoms with Crippen LogP contribution in [-0.2, 0) is 0 Å². The number of hydrogen-bond donors (Lipinski definition) is 1. The number of ether oxygens (including phenoxy) is 1. The lowest BCUT2D eigenvalue weighted by molar-refractivity contribution is 0.416. The lowest BCUT2D eigenvalue weighted by Gasteiger charge is -2.20. The number of rotatable bonds is 2. The molecule has 0 spiro atoms. The third-order valence-electron chi connectivity index (χ3n) is 3.89. The van der Waals surface area contributed by atoms with E-state index in [0.29, 0.717) is 5.92 Å². The molecule has 1 saturated carbocycles. The molecule has 2 N–H and O–H groups in total. The standard InChI is InChI=1S/C14H19N3O/c1-18-11-8-5-9-17-13(15)12(16-14(11)17)10-6-3-2-4-7-10/h5,8-10H,2-4,6-7,15H2,1H3. The predicted molar refractivity (Wildman–Crippen MR) is 72.0 cm³/mol. The highest BCUT2D eigenvalue weighted by atomic mass is 16.5. The number of hydrogen-bond acceptors (Lipinski definition) is 3. The highest BCUT2D eigenvalue weighted by molar-refractivity contribution is 5.61. The third kappa shape index (κ3) is 1.72. The van der Waals surface area contributed by atoms with E-state index < -0.39 is 0 Å². The van der Waals surface area contributed by atoms with Crippen LogP contribution in [0.5, 0.6) is 5.75 Å². The average molecular weight is 245 g/mol. The largest absolute Gasteiger partial charge is 0.493 e. The maximum absolute atomic E-state index is 6.24. The summed E-state index contributed by atoms with van der Waals surface area (Å²) >= 11 is 0. The van der Waals surface area contributed by atoms with Crippen LogP contribution in [0.15, 0.2) is 18.3 Å². The minimum atomic E-state index is 0.517. The van der Waals surface area contributed by atoms with E-state index in [4.69, 9.17) is 15.5 Å². The Balaban J connectivity index is 2.09. The van der Waals surface area contributed by atoms with Crippen molar-refractivity contribution in [2.75, 3.05) is 12.8 Å². The number of aromatic nitrogens is 2. The second-order valence-electron chi connectivity index (χ2n) is 4.99. The Morgan fingerprint density at radius 2 is 2.11 bits per heavy atom. The second-order valence-corrected chi connectivity index (χ2v) is 4.99. The number of nitrogen functional groups attached to an aromatic ring is 1. The van der Waals surface area contributed by atoms with Gasteiger partial charge in [-0.25, -0.2) is 4.98 Å². The topological polar surface area (TPSA) is 52.5 Å². The van der Waals surface area contributed by atoms with Gasteiger partial charge in [0.25, 0.3) is 0 Å². The summed E-state index contributed by atoms with van der Waals surface area (Å²) in [5.41, 5.74) is 8.12. The number of imidazole rings is 1. The fourth-order valence-electron chi connectivity index (χ4n) is 2.91. The van der Waals surface area contributed by atoms with E-state index >= 15 is 0 Å². The zero-order chi connectivity index (χ0) is 12.5. The smallest absolute Gasteiger partial charge is 0.181 e. The van der Waals surface area contributed by atoms with Gasteiger partial charge in [0.2, 0.25) is 0 Å². The zero-order valence-corrected chi connectivity index (χ0v) is 10.7. The molecule has 0 unspecified atom stereocenters. The van der Waals surface area contributed by atoms with Crippen molar-refractivity contribution in [3.8, 4) is 5.75 Å². The van der Waals surface area contributed by atoms with Crippen LogP contribution in [0.3, 0.4) is 0 Å². The lowest BCUT2D eigenvalue weighted by Crippen LogP contribution is -2.07. The van der Waals surface area contributed by atoms with Gasteiger partial charge in [-0.2, -0.15) is 0 Å². The van der Waals surface area contributed by atoms with Gasteiger partial charge in [0.05, 0.1) is 12.8 Å². The van der Waals surface area contributed by atoms with Crippen LogP contribution in [0.2, 0.25) is 0 Å². The number of nitrogens with zero attached hydrogens (tertiary/aromatic N) is 2. The van der Waals surface area contributed by atoms with E-state index in [1.165, 1.54) is 32.1 Å². The van der Waals surface area contributed by atoms with Crippen molar-refractivity contribution >= 4 is 11.5 Å². The van der Waals surface area contributed by atoms with Gasteiger partial charge in [0.15, 0.2) is 11.4 Å². The first-order valence-corrected chi connectivity index (χ1v) is 6.61. The molecule has 4 heteroatoms. The van der Waals surface area contributed by atoms with Gasteiger partial charge in [-0.15, -0.1) is 0 Å². The molecule has 96 valence electrons. The van der Waals surface area contributed by atoms with Gasteiger partial charge in [-0.3, -0.25) is 4.40 Å². The number of nitrogens with two attached hydrogens (primary N) is 1. The van der Waals surface area contributed by atoms with Crippen molar-refractivity contribution in [3.05, 3.63) is 24.0 Å². The molecule has 2 aromatic heterocycles. The maximum Gasteiger partial charge on any atom is 0.181 e. The second kappa shape index (κ2) is 4.52. The summed E-state index contributed by atoms with van der Waals surface area (Å²) < 4.78 is 7.28. The summed E-state index contributed by atoms with van der Waals surface area (Å²) in [6.07, 6.45) is 8.27. The Morgan fingerprint density at radius 3 is 2.83 bits per heavy atom. The van der Waals surface area contributed by atoms with Crippen molar-refractivity contribution in [1.82, 2.24) is 9.38 Å². The van der Waals surface area contributed by atoms with Crippen LogP contribution < -0.4 is 10.5 Å². The molecule has 0 bridgehead atoms. The van der Waals surface area contributed by atoms with Gasteiger partial charge < -0.3 is 10.5 Å². The zero-order valence-electron chi connectivity index (χ0n) is 10.7. The average Bonchev–Trinajstić information content (AvgIpc) is 2.77. The molecular weight excluding hydrogens is 226 g/mol. The fraction of sp³-hybridized carbons (Fsp3) is 0.500. The predicted octanol–water partition coefficient (Wildman–Crippen LogP) is 2.97. The highest BCUT2D eigenvalue weighted by Crippen LogP contribution is 2.36.